The Morgan fingerprint density at radius 3 is 1.75 bits per heavy atom. The van der Waals surface area contributed by atoms with Crippen molar-refractivity contribution in [2.24, 2.45) is 23.7 Å². The van der Waals surface area contributed by atoms with E-state index in [9.17, 15) is 18.0 Å². The summed E-state index contributed by atoms with van der Waals surface area (Å²) in [7, 11) is 0. The minimum atomic E-state index is -4.04. The molecule has 0 bridgehead atoms. The molecule has 7 heteroatoms. The summed E-state index contributed by atoms with van der Waals surface area (Å²) in [5, 5.41) is 8.41. The van der Waals surface area contributed by atoms with Gasteiger partial charge in [0.25, 0.3) is 0 Å². The number of likely N-dealkylation sites (tertiary alicyclic amines) is 2. The lowest BCUT2D eigenvalue weighted by molar-refractivity contribution is -0.149. The van der Waals surface area contributed by atoms with Gasteiger partial charge in [-0.1, -0.05) is 27.7 Å². The number of alkyl halides is 3. The Morgan fingerprint density at radius 1 is 0.964 bits per heavy atom. The zero-order chi connectivity index (χ0) is 21.3. The number of amides is 1. The average Bonchev–Trinajstić information content (AvgIpc) is 2.61. The summed E-state index contributed by atoms with van der Waals surface area (Å²) in [6.07, 6.45) is 0.00216. The van der Waals surface area contributed by atoms with Gasteiger partial charge in [-0.15, -0.1) is 0 Å². The highest BCUT2D eigenvalue weighted by atomic mass is 19.4. The van der Waals surface area contributed by atoms with Crippen molar-refractivity contribution in [2.75, 3.05) is 32.7 Å². The van der Waals surface area contributed by atoms with Crippen LogP contribution in [0, 0.1) is 35.0 Å². The molecule has 0 unspecified atom stereocenters. The molecular weight excluding hydrogens is 367 g/mol. The summed E-state index contributed by atoms with van der Waals surface area (Å²) >= 11 is 0. The van der Waals surface area contributed by atoms with E-state index in [0.29, 0.717) is 30.8 Å². The summed E-state index contributed by atoms with van der Waals surface area (Å²) in [5.41, 5.74) is 0. The summed E-state index contributed by atoms with van der Waals surface area (Å²) in [6.45, 7) is 10.9. The van der Waals surface area contributed by atoms with Crippen LogP contribution in [-0.2, 0) is 4.79 Å². The number of hydrogen-bond acceptors (Lipinski definition) is 3. The zero-order valence-corrected chi connectivity index (χ0v) is 17.8. The quantitative estimate of drug-likeness (QED) is 0.683. The van der Waals surface area contributed by atoms with Gasteiger partial charge >= 0.3 is 6.18 Å². The molecule has 28 heavy (non-hydrogen) atoms. The Kier molecular flexibility index (Phi) is 10.3. The molecule has 2 heterocycles. The van der Waals surface area contributed by atoms with Crippen LogP contribution in [0.3, 0.4) is 0 Å². The van der Waals surface area contributed by atoms with Gasteiger partial charge < -0.3 is 4.90 Å². The molecule has 0 aromatic rings. The first kappa shape index (κ1) is 24.7. The number of halogens is 3. The molecule has 162 valence electrons. The summed E-state index contributed by atoms with van der Waals surface area (Å²) in [5.74, 6) is 2.67. The maximum Gasteiger partial charge on any atom is 0.401 e. The molecule has 0 N–H and O–H groups in total. The second kappa shape index (κ2) is 11.6. The molecule has 2 aliphatic rings. The van der Waals surface area contributed by atoms with Crippen LogP contribution in [0.1, 0.15) is 59.8 Å². The minimum absolute atomic E-state index is 0.00490. The third-order valence-electron chi connectivity index (χ3n) is 6.04. The normalized spacial score (nSPS) is 20.1. The van der Waals surface area contributed by atoms with Gasteiger partial charge in [-0.3, -0.25) is 9.69 Å². The van der Waals surface area contributed by atoms with Gasteiger partial charge in [-0.25, -0.2) is 0 Å². The Morgan fingerprint density at radius 2 is 1.39 bits per heavy atom. The lowest BCUT2D eigenvalue weighted by Crippen LogP contribution is -2.40. The highest BCUT2D eigenvalue weighted by molar-refractivity contribution is 5.78. The van der Waals surface area contributed by atoms with Crippen molar-refractivity contribution in [2.45, 2.75) is 66.0 Å². The molecule has 2 saturated heterocycles. The number of nitrogens with zero attached hydrogens (tertiary/aromatic N) is 3. The van der Waals surface area contributed by atoms with Crippen molar-refractivity contribution in [1.82, 2.24) is 9.80 Å². The highest BCUT2D eigenvalue weighted by Gasteiger charge is 2.32. The number of piperidine rings is 2. The Bertz CT molecular complexity index is 498. The van der Waals surface area contributed by atoms with Crippen LogP contribution in [0.25, 0.3) is 0 Å². The van der Waals surface area contributed by atoms with Gasteiger partial charge in [0.1, 0.15) is 6.42 Å². The number of carbonyl (C=O) groups is 1. The third-order valence-corrected chi connectivity index (χ3v) is 6.04. The van der Waals surface area contributed by atoms with E-state index >= 15 is 0 Å². The van der Waals surface area contributed by atoms with Crippen LogP contribution in [-0.4, -0.2) is 54.6 Å². The van der Waals surface area contributed by atoms with Crippen molar-refractivity contribution < 1.29 is 18.0 Å². The van der Waals surface area contributed by atoms with Crippen LogP contribution < -0.4 is 0 Å². The fraction of sp³-hybridized carbons (Fsp3) is 0.905. The fourth-order valence-electron chi connectivity index (χ4n) is 4.03. The second-order valence-corrected chi connectivity index (χ2v) is 8.77. The van der Waals surface area contributed by atoms with E-state index in [1.807, 2.05) is 11.0 Å². The van der Waals surface area contributed by atoms with Gasteiger partial charge in [0.15, 0.2) is 0 Å². The first-order valence-electron chi connectivity index (χ1n) is 10.5. The Balaban J connectivity index is 0.000000280. The maximum atomic E-state index is 12.1. The second-order valence-electron chi connectivity index (χ2n) is 8.77. The molecule has 1 amide bonds. The first-order valence-corrected chi connectivity index (χ1v) is 10.5. The SMILES string of the molecule is CC(C)C1CCN(C(=O)CC#N)CC1.CC(C)C1CCN(CC(F)(F)F)CC1. The van der Waals surface area contributed by atoms with Crippen LogP contribution in [0.15, 0.2) is 0 Å². The van der Waals surface area contributed by atoms with Gasteiger partial charge in [0, 0.05) is 13.1 Å². The van der Waals surface area contributed by atoms with Gasteiger partial charge in [0.05, 0.1) is 12.6 Å². The van der Waals surface area contributed by atoms with Crippen molar-refractivity contribution in [3.8, 4) is 6.07 Å². The van der Waals surface area contributed by atoms with Crippen molar-refractivity contribution in [1.29, 1.82) is 5.26 Å². The molecule has 4 nitrogen and oxygen atoms in total. The standard InChI is InChI=1S/C11H18N2O.C10H18F3N/c1-9(2)10-4-7-13(8-5-10)11(14)3-6-12;1-8(2)9-3-5-14(6-4-9)7-10(11,12)13/h9-10H,3-5,7-8H2,1-2H3;8-9H,3-7H2,1-2H3. The van der Waals surface area contributed by atoms with Gasteiger partial charge in [0.2, 0.25) is 5.91 Å². The lowest BCUT2D eigenvalue weighted by atomic mass is 9.87. The Hall–Kier alpha value is -1.29. The van der Waals surface area contributed by atoms with E-state index in [1.54, 1.807) is 0 Å². The topological polar surface area (TPSA) is 47.3 Å². The van der Waals surface area contributed by atoms with Crippen molar-refractivity contribution in [3.05, 3.63) is 0 Å². The monoisotopic (exact) mass is 403 g/mol. The molecule has 0 atom stereocenters. The predicted octanol–water partition coefficient (Wildman–Crippen LogP) is 4.71. The van der Waals surface area contributed by atoms with Crippen LogP contribution in [0.5, 0.6) is 0 Å². The molecule has 0 aromatic heterocycles. The van der Waals surface area contributed by atoms with E-state index in [1.165, 1.54) is 4.90 Å². The van der Waals surface area contributed by atoms with Crippen molar-refractivity contribution >= 4 is 5.91 Å². The number of rotatable bonds is 4. The number of carbonyl (C=O) groups excluding carboxylic acids is 1. The number of hydrogen-bond donors (Lipinski definition) is 0. The predicted molar refractivity (Wildman–Crippen MR) is 104 cm³/mol. The van der Waals surface area contributed by atoms with Gasteiger partial charge in [-0.05, 0) is 62.4 Å². The third kappa shape index (κ3) is 9.27. The summed E-state index contributed by atoms with van der Waals surface area (Å²) in [4.78, 5) is 14.7. The zero-order valence-electron chi connectivity index (χ0n) is 17.8. The van der Waals surface area contributed by atoms with E-state index in [-0.39, 0.29) is 12.3 Å². The minimum Gasteiger partial charge on any atom is -0.342 e. The average molecular weight is 404 g/mol. The lowest BCUT2D eigenvalue weighted by Gasteiger charge is -2.34. The van der Waals surface area contributed by atoms with E-state index in [2.05, 4.69) is 27.7 Å². The largest absolute Gasteiger partial charge is 0.401 e. The molecule has 2 aliphatic heterocycles. The van der Waals surface area contributed by atoms with E-state index in [4.69, 9.17) is 5.26 Å². The van der Waals surface area contributed by atoms with Gasteiger partial charge in [-0.2, -0.15) is 18.4 Å². The molecule has 0 aliphatic carbocycles. The molecule has 0 aromatic carbocycles. The van der Waals surface area contributed by atoms with Crippen LogP contribution in [0.2, 0.25) is 0 Å². The fourth-order valence-corrected chi connectivity index (χ4v) is 4.03. The van der Waals surface area contributed by atoms with E-state index in [0.717, 1.165) is 44.7 Å². The Labute approximate surface area is 168 Å². The summed E-state index contributed by atoms with van der Waals surface area (Å²) < 4.78 is 36.2. The molecule has 2 fully saturated rings. The van der Waals surface area contributed by atoms with Crippen LogP contribution >= 0.6 is 0 Å². The van der Waals surface area contributed by atoms with E-state index < -0.39 is 12.7 Å². The molecular formula is C21H36F3N3O. The molecule has 0 radical (unpaired) electrons. The van der Waals surface area contributed by atoms with Crippen LogP contribution in [0.4, 0.5) is 13.2 Å². The smallest absolute Gasteiger partial charge is 0.342 e. The molecule has 0 spiro atoms. The first-order chi connectivity index (χ1) is 13.0. The molecule has 2 rings (SSSR count). The molecule has 0 saturated carbocycles. The van der Waals surface area contributed by atoms with Crippen molar-refractivity contribution in [3.63, 3.8) is 0 Å². The maximum absolute atomic E-state index is 12.1. The highest BCUT2D eigenvalue weighted by Crippen LogP contribution is 2.27. The number of nitriles is 1. The summed E-state index contributed by atoms with van der Waals surface area (Å²) in [6, 6.07) is 1.91.